The molecule has 1 aromatic carbocycles. The van der Waals surface area contributed by atoms with Crippen LogP contribution in [0, 0.1) is 0 Å². The van der Waals surface area contributed by atoms with Crippen LogP contribution in [0.3, 0.4) is 0 Å². The van der Waals surface area contributed by atoms with Gasteiger partial charge in [0, 0.05) is 11.6 Å². The van der Waals surface area contributed by atoms with Crippen LogP contribution < -0.4 is 0 Å². The van der Waals surface area contributed by atoms with E-state index in [0.29, 0.717) is 0 Å². The zero-order valence-corrected chi connectivity index (χ0v) is 6.77. The van der Waals surface area contributed by atoms with Crippen LogP contribution in [-0.4, -0.2) is 9.97 Å². The summed E-state index contributed by atoms with van der Waals surface area (Å²) < 4.78 is 0. The number of aromatic nitrogens is 2. The average Bonchev–Trinajstić information content (AvgIpc) is 2.21. The first-order chi connectivity index (χ1) is 5.97. The molecule has 0 fully saturated rings. The van der Waals surface area contributed by atoms with E-state index in [0.717, 1.165) is 10.9 Å². The maximum Gasteiger partial charge on any atom is 0.116 e. The highest BCUT2D eigenvalue weighted by Crippen LogP contribution is 2.06. The highest BCUT2D eigenvalue weighted by Gasteiger charge is 1.87. The van der Waals surface area contributed by atoms with Crippen molar-refractivity contribution < 1.29 is 0 Å². The molecule has 12 heavy (non-hydrogen) atoms. The quantitative estimate of drug-likeness (QED) is 0.550. The minimum absolute atomic E-state index is 0.998. The number of hydrogen-bond donors (Lipinski definition) is 0. The molecule has 1 heterocycles. The number of fused-ring (bicyclic) bond motifs is 1. The molecule has 0 aliphatic heterocycles. The summed E-state index contributed by atoms with van der Waals surface area (Å²) in [7, 11) is 0. The summed E-state index contributed by atoms with van der Waals surface area (Å²) in [5.41, 5.74) is 0.998. The summed E-state index contributed by atoms with van der Waals surface area (Å²) in [6.07, 6.45) is 3.37. The molecular weight excluding hydrogens is 148 g/mol. The molecule has 0 bridgehead atoms. The SMILES string of the molecule is C=C.c1ccc2ncncc2c1. The Morgan fingerprint density at radius 2 is 1.83 bits per heavy atom. The normalized spacial score (nSPS) is 8.67. The molecule has 0 atom stereocenters. The molecule has 2 nitrogen and oxygen atoms in total. The number of hydrogen-bond acceptors (Lipinski definition) is 2. The van der Waals surface area contributed by atoms with Gasteiger partial charge in [-0.2, -0.15) is 0 Å². The summed E-state index contributed by atoms with van der Waals surface area (Å²) in [4.78, 5) is 7.97. The Bertz CT molecular complexity index is 292. The summed E-state index contributed by atoms with van der Waals surface area (Å²) in [6, 6.07) is 7.91. The van der Waals surface area contributed by atoms with Crippen LogP contribution >= 0.6 is 0 Å². The van der Waals surface area contributed by atoms with Gasteiger partial charge < -0.3 is 0 Å². The van der Waals surface area contributed by atoms with Crippen molar-refractivity contribution in [2.45, 2.75) is 0 Å². The zero-order valence-electron chi connectivity index (χ0n) is 6.77. The van der Waals surface area contributed by atoms with E-state index in [4.69, 9.17) is 0 Å². The maximum atomic E-state index is 4.07. The van der Waals surface area contributed by atoms with Crippen molar-refractivity contribution in [3.8, 4) is 0 Å². The summed E-state index contributed by atoms with van der Waals surface area (Å²) in [6.45, 7) is 6.00. The van der Waals surface area contributed by atoms with E-state index in [9.17, 15) is 0 Å². The average molecular weight is 158 g/mol. The first-order valence-electron chi connectivity index (χ1n) is 3.61. The minimum Gasteiger partial charge on any atom is -0.244 e. The molecule has 2 aromatic rings. The van der Waals surface area contributed by atoms with E-state index in [2.05, 4.69) is 23.1 Å². The van der Waals surface area contributed by atoms with Crippen molar-refractivity contribution in [3.05, 3.63) is 49.9 Å². The van der Waals surface area contributed by atoms with E-state index < -0.39 is 0 Å². The van der Waals surface area contributed by atoms with Crippen molar-refractivity contribution in [1.29, 1.82) is 0 Å². The first kappa shape index (κ1) is 8.40. The molecule has 0 aliphatic carbocycles. The van der Waals surface area contributed by atoms with Gasteiger partial charge in [-0.05, 0) is 6.07 Å². The molecule has 2 heteroatoms. The van der Waals surface area contributed by atoms with Crippen LogP contribution in [0.4, 0.5) is 0 Å². The minimum atomic E-state index is 0.998. The molecule has 60 valence electrons. The molecule has 2 rings (SSSR count). The van der Waals surface area contributed by atoms with Gasteiger partial charge in [0.15, 0.2) is 0 Å². The number of rotatable bonds is 0. The lowest BCUT2D eigenvalue weighted by Crippen LogP contribution is -1.77. The monoisotopic (exact) mass is 158 g/mol. The number of para-hydroxylation sites is 1. The van der Waals surface area contributed by atoms with E-state index in [-0.39, 0.29) is 0 Å². The first-order valence-corrected chi connectivity index (χ1v) is 3.61. The lowest BCUT2D eigenvalue weighted by molar-refractivity contribution is 1.22. The van der Waals surface area contributed by atoms with Gasteiger partial charge >= 0.3 is 0 Å². The lowest BCUT2D eigenvalue weighted by Gasteiger charge is -1.90. The van der Waals surface area contributed by atoms with Gasteiger partial charge in [0.2, 0.25) is 0 Å². The molecule has 0 saturated heterocycles. The maximum absolute atomic E-state index is 4.07. The van der Waals surface area contributed by atoms with Gasteiger partial charge in [-0.25, -0.2) is 9.97 Å². The van der Waals surface area contributed by atoms with Crippen LogP contribution in [0.5, 0.6) is 0 Å². The number of benzene rings is 1. The molecule has 0 spiro atoms. The van der Waals surface area contributed by atoms with E-state index in [1.54, 1.807) is 6.33 Å². The summed E-state index contributed by atoms with van der Waals surface area (Å²) in [5, 5.41) is 1.09. The van der Waals surface area contributed by atoms with Crippen LogP contribution in [0.1, 0.15) is 0 Å². The molecule has 0 unspecified atom stereocenters. The van der Waals surface area contributed by atoms with E-state index in [1.165, 1.54) is 0 Å². The third-order valence-corrected chi connectivity index (χ3v) is 1.41. The molecular formula is C10H10N2. The van der Waals surface area contributed by atoms with Crippen LogP contribution in [-0.2, 0) is 0 Å². The molecule has 0 N–H and O–H groups in total. The Morgan fingerprint density at radius 3 is 2.58 bits per heavy atom. The zero-order chi connectivity index (χ0) is 8.81. The van der Waals surface area contributed by atoms with E-state index >= 15 is 0 Å². The molecule has 0 amide bonds. The third kappa shape index (κ3) is 1.66. The second kappa shape index (κ2) is 4.23. The Morgan fingerprint density at radius 1 is 1.08 bits per heavy atom. The van der Waals surface area contributed by atoms with Crippen molar-refractivity contribution in [1.82, 2.24) is 9.97 Å². The predicted molar refractivity (Wildman–Crippen MR) is 50.8 cm³/mol. The van der Waals surface area contributed by atoms with Crippen molar-refractivity contribution in [2.75, 3.05) is 0 Å². The van der Waals surface area contributed by atoms with Crippen molar-refractivity contribution >= 4 is 10.9 Å². The van der Waals surface area contributed by atoms with Crippen molar-refractivity contribution in [2.24, 2.45) is 0 Å². The van der Waals surface area contributed by atoms with Gasteiger partial charge in [0.25, 0.3) is 0 Å². The topological polar surface area (TPSA) is 25.8 Å². The van der Waals surface area contributed by atoms with Gasteiger partial charge in [-0.3, -0.25) is 0 Å². The van der Waals surface area contributed by atoms with Crippen molar-refractivity contribution in [3.63, 3.8) is 0 Å². The van der Waals surface area contributed by atoms with E-state index in [1.807, 2.05) is 30.5 Å². The Balaban J connectivity index is 0.000000336. The van der Waals surface area contributed by atoms with Crippen LogP contribution in [0.15, 0.2) is 49.9 Å². The lowest BCUT2D eigenvalue weighted by atomic mass is 10.2. The summed E-state index contributed by atoms with van der Waals surface area (Å²) >= 11 is 0. The molecule has 0 aliphatic rings. The standard InChI is InChI=1S/C8H6N2.C2H4/c1-2-4-8-7(3-1)5-9-6-10-8;1-2/h1-6H;1-2H2. The number of nitrogens with zero attached hydrogens (tertiary/aromatic N) is 2. The largest absolute Gasteiger partial charge is 0.244 e. The van der Waals surface area contributed by atoms with Crippen LogP contribution in [0.2, 0.25) is 0 Å². The third-order valence-electron chi connectivity index (χ3n) is 1.41. The van der Waals surface area contributed by atoms with Gasteiger partial charge in [-0.1, -0.05) is 18.2 Å². The van der Waals surface area contributed by atoms with Crippen LogP contribution in [0.25, 0.3) is 10.9 Å². The molecule has 0 radical (unpaired) electrons. The molecule has 0 saturated carbocycles. The predicted octanol–water partition coefficient (Wildman–Crippen LogP) is 2.43. The molecule has 1 aromatic heterocycles. The Kier molecular flexibility index (Phi) is 2.96. The van der Waals surface area contributed by atoms with Gasteiger partial charge in [0.05, 0.1) is 5.52 Å². The Labute approximate surface area is 71.6 Å². The second-order valence-electron chi connectivity index (χ2n) is 2.08. The Hall–Kier alpha value is -1.70. The summed E-state index contributed by atoms with van der Waals surface area (Å²) in [5.74, 6) is 0. The highest BCUT2D eigenvalue weighted by molar-refractivity contribution is 5.76. The fourth-order valence-corrected chi connectivity index (χ4v) is 0.923. The second-order valence-corrected chi connectivity index (χ2v) is 2.08. The highest BCUT2D eigenvalue weighted by atomic mass is 14.8. The van der Waals surface area contributed by atoms with Gasteiger partial charge in [-0.15, -0.1) is 13.2 Å². The fourth-order valence-electron chi connectivity index (χ4n) is 0.923. The fraction of sp³-hybridized carbons (Fsp3) is 0. The van der Waals surface area contributed by atoms with Gasteiger partial charge in [0.1, 0.15) is 6.33 Å². The smallest absolute Gasteiger partial charge is 0.116 e.